The Morgan fingerprint density at radius 1 is 1.03 bits per heavy atom. The molecule has 1 aliphatic rings. The normalized spacial score (nSPS) is 15.6. The smallest absolute Gasteiger partial charge is 0.404 e. The molecule has 1 fully saturated rings. The van der Waals surface area contributed by atoms with E-state index in [9.17, 15) is 21.6 Å². The van der Waals surface area contributed by atoms with Gasteiger partial charge in [0.1, 0.15) is 22.5 Å². The lowest BCUT2D eigenvalue weighted by molar-refractivity contribution is -0.275. The monoisotopic (exact) mass is 426 g/mol. The van der Waals surface area contributed by atoms with Crippen LogP contribution in [-0.2, 0) is 10.0 Å². The van der Waals surface area contributed by atoms with E-state index in [1.165, 1.54) is 12.1 Å². The van der Waals surface area contributed by atoms with Gasteiger partial charge in [-0.3, -0.25) is 0 Å². The average Bonchev–Trinajstić information content (AvgIpc) is 3.13. The molecule has 0 saturated carbocycles. The number of piperazine rings is 1. The van der Waals surface area contributed by atoms with Gasteiger partial charge < -0.3 is 15.0 Å². The molecule has 11 heteroatoms. The van der Waals surface area contributed by atoms with Crippen molar-refractivity contribution in [2.24, 2.45) is 0 Å². The first kappa shape index (κ1) is 19.5. The zero-order valence-electron chi connectivity index (χ0n) is 15.1. The number of nitrogens with zero attached hydrogens (tertiary/aromatic N) is 3. The molecule has 154 valence electrons. The van der Waals surface area contributed by atoms with Crippen molar-refractivity contribution in [2.75, 3.05) is 31.1 Å². The summed E-state index contributed by atoms with van der Waals surface area (Å²) in [6.45, 7) is 3.05. The van der Waals surface area contributed by atoms with E-state index in [1.54, 1.807) is 12.1 Å². The van der Waals surface area contributed by atoms with E-state index >= 15 is 0 Å². The summed E-state index contributed by atoms with van der Waals surface area (Å²) in [5.41, 5.74) is 1.52. The van der Waals surface area contributed by atoms with E-state index in [1.807, 2.05) is 6.07 Å². The van der Waals surface area contributed by atoms with Gasteiger partial charge >= 0.3 is 6.36 Å². The number of benzene rings is 2. The van der Waals surface area contributed by atoms with Crippen LogP contribution in [0.25, 0.3) is 11.0 Å². The Kier molecular flexibility index (Phi) is 4.87. The number of fused-ring (bicyclic) bond motifs is 1. The number of rotatable bonds is 4. The molecule has 1 N–H and O–H groups in total. The van der Waals surface area contributed by atoms with Gasteiger partial charge in [-0.15, -0.1) is 13.2 Å². The topological polar surface area (TPSA) is 76.5 Å². The van der Waals surface area contributed by atoms with Gasteiger partial charge in [0.25, 0.3) is 10.0 Å². The minimum absolute atomic E-state index is 0.280. The van der Waals surface area contributed by atoms with Gasteiger partial charge in [0.05, 0.1) is 11.2 Å². The molecule has 1 aromatic heterocycles. The van der Waals surface area contributed by atoms with Crippen molar-refractivity contribution in [2.45, 2.75) is 11.3 Å². The third-order valence-electron chi connectivity index (χ3n) is 4.59. The Labute approximate surface area is 164 Å². The Balaban J connectivity index is 1.81. The molecule has 0 aliphatic carbocycles. The van der Waals surface area contributed by atoms with E-state index in [4.69, 9.17) is 0 Å². The SMILES string of the molecule is O=S(=O)(c1ccccc1OC(F)(F)F)n1cnc2c(N3CCNCC3)cccc21. The number of alkyl halides is 3. The maximum absolute atomic E-state index is 13.2. The molecule has 2 aromatic carbocycles. The molecule has 0 spiro atoms. The maximum atomic E-state index is 13.2. The molecule has 2 heterocycles. The van der Waals surface area contributed by atoms with Gasteiger partial charge in [-0.1, -0.05) is 18.2 Å². The number of para-hydroxylation sites is 2. The molecule has 1 aliphatic heterocycles. The van der Waals surface area contributed by atoms with E-state index in [0.717, 1.165) is 54.3 Å². The van der Waals surface area contributed by atoms with Gasteiger partial charge in [0.2, 0.25) is 0 Å². The van der Waals surface area contributed by atoms with Crippen molar-refractivity contribution in [3.05, 3.63) is 48.8 Å². The maximum Gasteiger partial charge on any atom is 0.573 e. The minimum atomic E-state index is -5.02. The Hall–Kier alpha value is -2.79. The van der Waals surface area contributed by atoms with E-state index in [-0.39, 0.29) is 5.52 Å². The van der Waals surface area contributed by atoms with E-state index in [2.05, 4.69) is 19.9 Å². The summed E-state index contributed by atoms with van der Waals surface area (Å²) in [5, 5.41) is 3.24. The highest BCUT2D eigenvalue weighted by Gasteiger charge is 2.34. The predicted molar refractivity (Wildman–Crippen MR) is 101 cm³/mol. The summed E-state index contributed by atoms with van der Waals surface area (Å²) >= 11 is 0. The first-order valence-electron chi connectivity index (χ1n) is 8.79. The second kappa shape index (κ2) is 7.23. The molecular weight excluding hydrogens is 409 g/mol. The Bertz CT molecular complexity index is 1140. The van der Waals surface area contributed by atoms with Crippen molar-refractivity contribution in [1.29, 1.82) is 0 Å². The summed E-state index contributed by atoms with van der Waals surface area (Å²) in [6, 6.07) is 9.76. The highest BCUT2D eigenvalue weighted by molar-refractivity contribution is 7.90. The van der Waals surface area contributed by atoms with Crippen LogP contribution < -0.4 is 15.0 Å². The highest BCUT2D eigenvalue weighted by Crippen LogP contribution is 2.33. The third kappa shape index (κ3) is 3.75. The number of anilines is 1. The highest BCUT2D eigenvalue weighted by atomic mass is 32.2. The lowest BCUT2D eigenvalue weighted by Crippen LogP contribution is -2.43. The number of hydrogen-bond donors (Lipinski definition) is 1. The molecule has 3 aromatic rings. The molecule has 0 atom stereocenters. The predicted octanol–water partition coefficient (Wildman–Crippen LogP) is 2.58. The molecule has 0 unspecified atom stereocenters. The summed E-state index contributed by atoms with van der Waals surface area (Å²) in [6.07, 6.45) is -3.91. The number of nitrogens with one attached hydrogen (secondary N) is 1. The number of imidazole rings is 1. The van der Waals surface area contributed by atoms with E-state index in [0.29, 0.717) is 5.52 Å². The number of hydrogen-bond acceptors (Lipinski definition) is 6. The van der Waals surface area contributed by atoms with Gasteiger partial charge in [-0.2, -0.15) is 0 Å². The van der Waals surface area contributed by atoms with Crippen LogP contribution in [0.1, 0.15) is 0 Å². The van der Waals surface area contributed by atoms with Gasteiger partial charge in [0.15, 0.2) is 0 Å². The van der Waals surface area contributed by atoms with Gasteiger partial charge in [0, 0.05) is 26.2 Å². The van der Waals surface area contributed by atoms with Gasteiger partial charge in [-0.05, 0) is 24.3 Å². The van der Waals surface area contributed by atoms with Crippen LogP contribution in [0, 0.1) is 0 Å². The summed E-state index contributed by atoms with van der Waals surface area (Å²) in [7, 11) is -4.37. The molecule has 0 amide bonds. The second-order valence-electron chi connectivity index (χ2n) is 6.42. The second-order valence-corrected chi connectivity index (χ2v) is 8.21. The minimum Gasteiger partial charge on any atom is -0.404 e. The Morgan fingerprint density at radius 2 is 1.76 bits per heavy atom. The molecule has 0 radical (unpaired) electrons. The van der Waals surface area contributed by atoms with Crippen LogP contribution in [0.2, 0.25) is 0 Å². The lowest BCUT2D eigenvalue weighted by Gasteiger charge is -2.29. The number of aromatic nitrogens is 2. The van der Waals surface area contributed by atoms with Crippen molar-refractivity contribution in [3.8, 4) is 5.75 Å². The van der Waals surface area contributed by atoms with Crippen molar-refractivity contribution in [3.63, 3.8) is 0 Å². The average molecular weight is 426 g/mol. The van der Waals surface area contributed by atoms with Crippen molar-refractivity contribution < 1.29 is 26.3 Å². The van der Waals surface area contributed by atoms with Crippen LogP contribution in [-0.4, -0.2) is 49.9 Å². The Morgan fingerprint density at radius 3 is 2.48 bits per heavy atom. The molecule has 4 rings (SSSR count). The fourth-order valence-corrected chi connectivity index (χ4v) is 4.74. The van der Waals surface area contributed by atoms with Crippen LogP contribution in [0.15, 0.2) is 53.7 Å². The summed E-state index contributed by atoms with van der Waals surface area (Å²) in [4.78, 5) is 5.74. The van der Waals surface area contributed by atoms with Crippen LogP contribution in [0.4, 0.5) is 18.9 Å². The van der Waals surface area contributed by atoms with E-state index < -0.39 is 27.0 Å². The van der Waals surface area contributed by atoms with Crippen molar-refractivity contribution in [1.82, 2.24) is 14.3 Å². The quantitative estimate of drug-likeness (QED) is 0.691. The van der Waals surface area contributed by atoms with Crippen molar-refractivity contribution >= 4 is 26.7 Å². The largest absolute Gasteiger partial charge is 0.573 e. The zero-order chi connectivity index (χ0) is 20.6. The lowest BCUT2D eigenvalue weighted by atomic mass is 10.2. The van der Waals surface area contributed by atoms with Crippen LogP contribution >= 0.6 is 0 Å². The fraction of sp³-hybridized carbons (Fsp3) is 0.278. The summed E-state index contributed by atoms with van der Waals surface area (Å²) in [5.74, 6) is -0.792. The standard InChI is InChI=1S/C18H17F3N4O3S/c19-18(20,21)28-15-6-1-2-7-16(15)29(26,27)25-12-23-17-13(4-3-5-14(17)25)24-10-8-22-9-11-24/h1-7,12,22H,8-11H2. The summed E-state index contributed by atoms with van der Waals surface area (Å²) < 4.78 is 69.3. The third-order valence-corrected chi connectivity index (χ3v) is 6.29. The van der Waals surface area contributed by atoms with Crippen LogP contribution in [0.5, 0.6) is 5.75 Å². The zero-order valence-corrected chi connectivity index (χ0v) is 15.9. The van der Waals surface area contributed by atoms with Crippen LogP contribution in [0.3, 0.4) is 0 Å². The molecular formula is C18H17F3N4O3S. The molecule has 0 bridgehead atoms. The number of halogens is 3. The number of ether oxygens (including phenoxy) is 1. The molecule has 1 saturated heterocycles. The van der Waals surface area contributed by atoms with Gasteiger partial charge in [-0.25, -0.2) is 17.4 Å². The molecule has 29 heavy (non-hydrogen) atoms. The fourth-order valence-electron chi connectivity index (χ4n) is 3.33. The molecule has 7 nitrogen and oxygen atoms in total. The first-order chi connectivity index (χ1) is 13.8. The first-order valence-corrected chi connectivity index (χ1v) is 10.2.